The predicted molar refractivity (Wildman–Crippen MR) is 57.7 cm³/mol. The van der Waals surface area contributed by atoms with Crippen LogP contribution in [0.15, 0.2) is 0 Å². The molecular formula is C8H20N2O5S. The van der Waals surface area contributed by atoms with Gasteiger partial charge < -0.3 is 14.4 Å². The van der Waals surface area contributed by atoms with E-state index in [-0.39, 0.29) is 6.54 Å². The first kappa shape index (κ1) is 17.7. The summed E-state index contributed by atoms with van der Waals surface area (Å²) >= 11 is 0. The Morgan fingerprint density at radius 3 is 1.88 bits per heavy atom. The summed E-state index contributed by atoms with van der Waals surface area (Å²) in [5.41, 5.74) is 0. The van der Waals surface area contributed by atoms with Crippen LogP contribution in [-0.2, 0) is 15.1 Å². The van der Waals surface area contributed by atoms with E-state index < -0.39 is 16.3 Å². The first-order valence-corrected chi connectivity index (χ1v) is 6.14. The Kier molecular flexibility index (Phi) is 8.35. The summed E-state index contributed by atoms with van der Waals surface area (Å²) in [6.45, 7) is 2.16. The maximum Gasteiger partial charge on any atom is 0.333 e. The van der Waals surface area contributed by atoms with Crippen LogP contribution in [0.2, 0.25) is 0 Å². The fourth-order valence-electron chi connectivity index (χ4n) is 0.618. The van der Waals surface area contributed by atoms with Crippen molar-refractivity contribution in [2.45, 2.75) is 13.3 Å². The van der Waals surface area contributed by atoms with E-state index in [0.717, 1.165) is 0 Å². The van der Waals surface area contributed by atoms with Crippen LogP contribution in [0.5, 0.6) is 0 Å². The van der Waals surface area contributed by atoms with Gasteiger partial charge in [0.15, 0.2) is 0 Å². The molecule has 0 aliphatic rings. The number of hydrogen-bond acceptors (Lipinski definition) is 4. The van der Waals surface area contributed by atoms with Crippen LogP contribution in [0.25, 0.3) is 0 Å². The third kappa shape index (κ3) is 23.3. The van der Waals surface area contributed by atoms with E-state index in [9.17, 15) is 18.3 Å². The first-order valence-electron chi connectivity index (χ1n) is 4.70. The van der Waals surface area contributed by atoms with Crippen molar-refractivity contribution >= 4 is 16.3 Å². The largest absolute Gasteiger partial charge is 0.544 e. The molecule has 0 atom stereocenters. The summed E-state index contributed by atoms with van der Waals surface area (Å²) in [7, 11) is 1.47. The molecule has 0 aromatic carbocycles. The lowest BCUT2D eigenvalue weighted by Gasteiger charge is -2.23. The van der Waals surface area contributed by atoms with E-state index in [1.165, 1.54) is 0 Å². The molecule has 98 valence electrons. The lowest BCUT2D eigenvalue weighted by molar-refractivity contribution is -0.864. The topological polar surface area (TPSA) is 107 Å². The smallest absolute Gasteiger partial charge is 0.333 e. The second kappa shape index (κ2) is 7.55. The Balaban J connectivity index is 0. The third-order valence-electron chi connectivity index (χ3n) is 1.14. The molecule has 8 heteroatoms. The second-order valence-corrected chi connectivity index (χ2v) is 5.43. The number of carbonyl (C=O) groups excluding carboxylic acids is 1. The van der Waals surface area contributed by atoms with Gasteiger partial charge in [0.05, 0.1) is 27.1 Å². The van der Waals surface area contributed by atoms with Gasteiger partial charge in [-0.1, -0.05) is 6.92 Å². The van der Waals surface area contributed by atoms with E-state index in [0.29, 0.717) is 17.4 Å². The highest BCUT2D eigenvalue weighted by Crippen LogP contribution is 1.84. The number of likely N-dealkylation sites (N-methyl/N-ethyl adjacent to an activating group) is 1. The first-order chi connectivity index (χ1) is 6.98. The number of rotatable bonds is 5. The van der Waals surface area contributed by atoms with Crippen molar-refractivity contribution in [2.24, 2.45) is 0 Å². The van der Waals surface area contributed by atoms with Crippen LogP contribution in [0, 0.1) is 0 Å². The van der Waals surface area contributed by atoms with Gasteiger partial charge in [-0.15, -0.1) is 0 Å². The lowest BCUT2D eigenvalue weighted by atomic mass is 10.5. The van der Waals surface area contributed by atoms with Gasteiger partial charge in [-0.25, -0.2) is 0 Å². The van der Waals surface area contributed by atoms with Crippen molar-refractivity contribution in [1.82, 2.24) is 4.72 Å². The summed E-state index contributed by atoms with van der Waals surface area (Å²) in [4.78, 5) is 9.89. The van der Waals surface area contributed by atoms with Crippen molar-refractivity contribution < 1.29 is 27.4 Å². The number of aliphatic carboxylic acids is 1. The van der Waals surface area contributed by atoms with Crippen LogP contribution in [0.1, 0.15) is 13.3 Å². The second-order valence-electron chi connectivity index (χ2n) is 4.19. The number of carboxylic acid groups (broad SMARTS) is 1. The molecule has 16 heavy (non-hydrogen) atoms. The zero-order valence-electron chi connectivity index (χ0n) is 10.1. The Morgan fingerprint density at radius 2 is 1.81 bits per heavy atom. The SMILES string of the molecule is CCCNS(=O)(=O)O.C[N+](C)(C)CC(=O)[O-]. The molecule has 0 rings (SSSR count). The molecule has 0 aliphatic carbocycles. The van der Waals surface area contributed by atoms with Crippen LogP contribution >= 0.6 is 0 Å². The van der Waals surface area contributed by atoms with E-state index in [1.807, 2.05) is 4.72 Å². The fraction of sp³-hybridized carbons (Fsp3) is 0.875. The van der Waals surface area contributed by atoms with Crippen molar-refractivity contribution in [3.63, 3.8) is 0 Å². The molecule has 0 aromatic heterocycles. The highest BCUT2D eigenvalue weighted by atomic mass is 32.2. The Labute approximate surface area is 96.5 Å². The highest BCUT2D eigenvalue weighted by Gasteiger charge is 2.04. The maximum atomic E-state index is 9.89. The van der Waals surface area contributed by atoms with E-state index in [1.54, 1.807) is 28.1 Å². The zero-order chi connectivity index (χ0) is 13.4. The Bertz CT molecular complexity index is 294. The molecule has 0 unspecified atom stereocenters. The zero-order valence-corrected chi connectivity index (χ0v) is 10.9. The molecular weight excluding hydrogens is 236 g/mol. The molecule has 0 heterocycles. The summed E-state index contributed by atoms with van der Waals surface area (Å²) in [5, 5.41) is 9.89. The molecule has 7 nitrogen and oxygen atoms in total. The number of nitrogens with one attached hydrogen (secondary N) is 1. The van der Waals surface area contributed by atoms with Crippen LogP contribution in [0.4, 0.5) is 0 Å². The molecule has 0 radical (unpaired) electrons. The van der Waals surface area contributed by atoms with Crippen LogP contribution in [-0.4, -0.2) is 57.7 Å². The van der Waals surface area contributed by atoms with Gasteiger partial charge in [-0.3, -0.25) is 4.55 Å². The monoisotopic (exact) mass is 256 g/mol. The summed E-state index contributed by atoms with van der Waals surface area (Å²) in [6, 6.07) is 0. The van der Waals surface area contributed by atoms with Gasteiger partial charge in [0, 0.05) is 6.54 Å². The standard InChI is InChI=1S/C5H11NO2.C3H9NO3S/c1-6(2,3)4-5(7)8;1-2-3-4-8(5,6)7/h4H2,1-3H3;4H,2-3H2,1H3,(H,5,6,7). The number of quaternary nitrogens is 1. The number of nitrogens with zero attached hydrogens (tertiary/aromatic N) is 1. The van der Waals surface area contributed by atoms with Gasteiger partial charge in [0.2, 0.25) is 0 Å². The minimum atomic E-state index is -3.94. The summed E-state index contributed by atoms with van der Waals surface area (Å²) in [6.07, 6.45) is 0.680. The minimum Gasteiger partial charge on any atom is -0.544 e. The number of hydrogen-bond donors (Lipinski definition) is 2. The quantitative estimate of drug-likeness (QED) is 0.447. The van der Waals surface area contributed by atoms with Gasteiger partial charge in [0.1, 0.15) is 6.54 Å². The maximum absolute atomic E-state index is 9.89. The molecule has 0 saturated carbocycles. The molecule has 0 bridgehead atoms. The summed E-state index contributed by atoms with van der Waals surface area (Å²) in [5.74, 6) is -1.00. The average Bonchev–Trinajstić information content (AvgIpc) is 1.95. The molecule has 0 fully saturated rings. The molecule has 2 N–H and O–H groups in total. The molecule has 0 spiro atoms. The molecule has 0 saturated heterocycles. The van der Waals surface area contributed by atoms with Gasteiger partial charge >= 0.3 is 10.3 Å². The highest BCUT2D eigenvalue weighted by molar-refractivity contribution is 7.83. The van der Waals surface area contributed by atoms with Gasteiger partial charge in [0.25, 0.3) is 0 Å². The van der Waals surface area contributed by atoms with E-state index in [2.05, 4.69) is 0 Å². The number of carbonyl (C=O) groups is 1. The van der Waals surface area contributed by atoms with Crippen molar-refractivity contribution in [3.05, 3.63) is 0 Å². The van der Waals surface area contributed by atoms with Crippen molar-refractivity contribution in [3.8, 4) is 0 Å². The van der Waals surface area contributed by atoms with Gasteiger partial charge in [-0.2, -0.15) is 13.1 Å². The normalized spacial score (nSPS) is 11.6. The predicted octanol–water partition coefficient (Wildman–Crippen LogP) is -1.77. The van der Waals surface area contributed by atoms with Crippen LogP contribution in [0.3, 0.4) is 0 Å². The fourth-order valence-corrected chi connectivity index (χ4v) is 1.08. The summed E-state index contributed by atoms with van der Waals surface area (Å²) < 4.78 is 30.0. The average molecular weight is 256 g/mol. The van der Waals surface area contributed by atoms with Crippen molar-refractivity contribution in [2.75, 3.05) is 34.2 Å². The van der Waals surface area contributed by atoms with E-state index >= 15 is 0 Å². The Hall–Kier alpha value is -0.700. The van der Waals surface area contributed by atoms with Crippen LogP contribution < -0.4 is 9.83 Å². The lowest BCUT2D eigenvalue weighted by Crippen LogP contribution is -2.45. The molecule has 0 aliphatic heterocycles. The van der Waals surface area contributed by atoms with Gasteiger partial charge in [-0.05, 0) is 6.42 Å². The number of carboxylic acids is 1. The Morgan fingerprint density at radius 1 is 1.38 bits per heavy atom. The third-order valence-corrected chi connectivity index (χ3v) is 1.71. The molecule has 0 aromatic rings. The van der Waals surface area contributed by atoms with Crippen molar-refractivity contribution in [1.29, 1.82) is 0 Å². The minimum absolute atomic E-state index is 0.0694. The molecule has 0 amide bonds. The van der Waals surface area contributed by atoms with E-state index in [4.69, 9.17) is 4.55 Å².